The number of carbonyl (C=O) groups is 1. The summed E-state index contributed by atoms with van der Waals surface area (Å²) in [6.07, 6.45) is 1.87. The Morgan fingerprint density at radius 1 is 1.37 bits per heavy atom. The third-order valence-electron chi connectivity index (χ3n) is 3.56. The predicted molar refractivity (Wildman–Crippen MR) is 70.6 cm³/mol. The van der Waals surface area contributed by atoms with E-state index in [1.165, 1.54) is 28.6 Å². The minimum atomic E-state index is -3.48. The van der Waals surface area contributed by atoms with E-state index in [2.05, 4.69) is 6.92 Å². The Morgan fingerprint density at radius 2 is 2.00 bits per heavy atom. The van der Waals surface area contributed by atoms with Crippen molar-refractivity contribution in [1.82, 2.24) is 4.31 Å². The molecule has 0 bridgehead atoms. The monoisotopic (exact) mass is 283 g/mol. The Kier molecular flexibility index (Phi) is 3.91. The van der Waals surface area contributed by atoms with Crippen LogP contribution in [0, 0.1) is 5.92 Å². The summed E-state index contributed by atoms with van der Waals surface area (Å²) in [7, 11) is -3.48. The minimum Gasteiger partial charge on any atom is -0.478 e. The summed E-state index contributed by atoms with van der Waals surface area (Å²) in [6.45, 7) is 3.16. The van der Waals surface area contributed by atoms with Crippen LogP contribution in [0.4, 0.5) is 0 Å². The number of nitrogens with zero attached hydrogens (tertiary/aromatic N) is 1. The van der Waals surface area contributed by atoms with Gasteiger partial charge in [0.2, 0.25) is 10.0 Å². The third kappa shape index (κ3) is 2.79. The van der Waals surface area contributed by atoms with Crippen LogP contribution in [0.25, 0.3) is 0 Å². The molecule has 1 aliphatic rings. The molecule has 1 saturated heterocycles. The fourth-order valence-electron chi connectivity index (χ4n) is 2.27. The maximum atomic E-state index is 12.4. The Hall–Kier alpha value is -1.40. The van der Waals surface area contributed by atoms with E-state index in [-0.39, 0.29) is 10.5 Å². The molecule has 6 heteroatoms. The lowest BCUT2D eigenvalue weighted by molar-refractivity contribution is 0.0696. The van der Waals surface area contributed by atoms with Gasteiger partial charge in [-0.05, 0) is 36.6 Å². The molecule has 0 amide bonds. The van der Waals surface area contributed by atoms with Crippen molar-refractivity contribution in [3.05, 3.63) is 29.8 Å². The molecule has 0 spiro atoms. The SMILES string of the molecule is CCC1CCN(S(=O)(=O)c2ccc(C(=O)O)cc2)C1. The highest BCUT2D eigenvalue weighted by Gasteiger charge is 2.31. The average molecular weight is 283 g/mol. The molecule has 19 heavy (non-hydrogen) atoms. The van der Waals surface area contributed by atoms with Gasteiger partial charge in [0.1, 0.15) is 0 Å². The van der Waals surface area contributed by atoms with E-state index in [1.54, 1.807) is 0 Å². The second-order valence-electron chi connectivity index (χ2n) is 4.76. The van der Waals surface area contributed by atoms with Gasteiger partial charge in [-0.25, -0.2) is 13.2 Å². The van der Waals surface area contributed by atoms with Crippen LogP contribution >= 0.6 is 0 Å². The summed E-state index contributed by atoms with van der Waals surface area (Å²) >= 11 is 0. The molecule has 1 aromatic carbocycles. The second-order valence-corrected chi connectivity index (χ2v) is 6.69. The quantitative estimate of drug-likeness (QED) is 0.914. The highest BCUT2D eigenvalue weighted by Crippen LogP contribution is 2.26. The summed E-state index contributed by atoms with van der Waals surface area (Å²) in [5, 5.41) is 8.80. The number of aromatic carboxylic acids is 1. The summed E-state index contributed by atoms with van der Waals surface area (Å²) in [5.74, 6) is -0.635. The van der Waals surface area contributed by atoms with Gasteiger partial charge in [0, 0.05) is 13.1 Å². The molecule has 0 saturated carbocycles. The Bertz CT molecular complexity index is 565. The van der Waals surface area contributed by atoms with Gasteiger partial charge in [-0.1, -0.05) is 13.3 Å². The molecular weight excluding hydrogens is 266 g/mol. The van der Waals surface area contributed by atoms with E-state index in [0.29, 0.717) is 19.0 Å². The van der Waals surface area contributed by atoms with Crippen LogP contribution in [0.3, 0.4) is 0 Å². The van der Waals surface area contributed by atoms with Gasteiger partial charge in [-0.3, -0.25) is 0 Å². The van der Waals surface area contributed by atoms with E-state index in [4.69, 9.17) is 5.11 Å². The average Bonchev–Trinajstić information content (AvgIpc) is 2.88. The number of rotatable bonds is 4. The molecule has 1 fully saturated rings. The predicted octanol–water partition coefficient (Wildman–Crippen LogP) is 1.81. The van der Waals surface area contributed by atoms with Crippen molar-refractivity contribution in [3.63, 3.8) is 0 Å². The number of sulfonamides is 1. The molecular formula is C13H17NO4S. The zero-order chi connectivity index (χ0) is 14.0. The summed E-state index contributed by atoms with van der Waals surface area (Å²) in [5.41, 5.74) is 0.0896. The third-order valence-corrected chi connectivity index (χ3v) is 5.44. The lowest BCUT2D eigenvalue weighted by Crippen LogP contribution is -2.28. The van der Waals surface area contributed by atoms with Gasteiger partial charge in [0.15, 0.2) is 0 Å². The van der Waals surface area contributed by atoms with Crippen LogP contribution in [0.1, 0.15) is 30.1 Å². The standard InChI is InChI=1S/C13H17NO4S/c1-2-10-7-8-14(9-10)19(17,18)12-5-3-11(4-6-12)13(15)16/h3-6,10H,2,7-9H2,1H3,(H,15,16). The van der Waals surface area contributed by atoms with E-state index in [9.17, 15) is 13.2 Å². The van der Waals surface area contributed by atoms with Crippen molar-refractivity contribution in [1.29, 1.82) is 0 Å². The number of carboxylic acids is 1. The van der Waals surface area contributed by atoms with Gasteiger partial charge in [-0.2, -0.15) is 4.31 Å². The van der Waals surface area contributed by atoms with Crippen molar-refractivity contribution >= 4 is 16.0 Å². The lowest BCUT2D eigenvalue weighted by Gasteiger charge is -2.16. The van der Waals surface area contributed by atoms with E-state index in [1.807, 2.05) is 0 Å². The maximum Gasteiger partial charge on any atom is 0.335 e. The summed E-state index contributed by atoms with van der Waals surface area (Å²) < 4.78 is 26.2. The molecule has 2 rings (SSSR count). The van der Waals surface area contributed by atoms with E-state index in [0.717, 1.165) is 12.8 Å². The molecule has 0 aromatic heterocycles. The fourth-order valence-corrected chi connectivity index (χ4v) is 3.80. The van der Waals surface area contributed by atoms with E-state index < -0.39 is 16.0 Å². The smallest absolute Gasteiger partial charge is 0.335 e. The molecule has 0 radical (unpaired) electrons. The topological polar surface area (TPSA) is 74.7 Å². The number of carboxylic acid groups (broad SMARTS) is 1. The van der Waals surface area contributed by atoms with Crippen molar-refractivity contribution < 1.29 is 18.3 Å². The molecule has 1 atom stereocenters. The molecule has 104 valence electrons. The van der Waals surface area contributed by atoms with Crippen molar-refractivity contribution in [2.45, 2.75) is 24.7 Å². The molecule has 1 unspecified atom stereocenters. The molecule has 0 aliphatic carbocycles. The molecule has 1 aromatic rings. The van der Waals surface area contributed by atoms with Crippen LogP contribution in [-0.2, 0) is 10.0 Å². The van der Waals surface area contributed by atoms with Gasteiger partial charge >= 0.3 is 5.97 Å². The Labute approximate surface area is 112 Å². The highest BCUT2D eigenvalue weighted by molar-refractivity contribution is 7.89. The maximum absolute atomic E-state index is 12.4. The van der Waals surface area contributed by atoms with Gasteiger partial charge in [0.25, 0.3) is 0 Å². The lowest BCUT2D eigenvalue weighted by atomic mass is 10.1. The summed E-state index contributed by atoms with van der Waals surface area (Å²) in [4.78, 5) is 10.9. The van der Waals surface area contributed by atoms with Crippen molar-refractivity contribution in [2.75, 3.05) is 13.1 Å². The Morgan fingerprint density at radius 3 is 2.47 bits per heavy atom. The van der Waals surface area contributed by atoms with Crippen molar-refractivity contribution in [3.8, 4) is 0 Å². The van der Waals surface area contributed by atoms with Crippen LogP contribution in [0.2, 0.25) is 0 Å². The molecule has 1 aliphatic heterocycles. The zero-order valence-corrected chi connectivity index (χ0v) is 11.6. The van der Waals surface area contributed by atoms with Crippen LogP contribution in [0.5, 0.6) is 0 Å². The first-order valence-corrected chi connectivity index (χ1v) is 7.72. The van der Waals surface area contributed by atoms with Crippen LogP contribution in [0.15, 0.2) is 29.2 Å². The minimum absolute atomic E-state index is 0.0896. The van der Waals surface area contributed by atoms with Gasteiger partial charge in [0.05, 0.1) is 10.5 Å². The number of benzene rings is 1. The Balaban J connectivity index is 2.22. The molecule has 5 nitrogen and oxygen atoms in total. The first-order valence-electron chi connectivity index (χ1n) is 6.28. The molecule has 1 N–H and O–H groups in total. The first-order chi connectivity index (χ1) is 8.95. The normalized spacial score (nSPS) is 20.6. The summed E-state index contributed by atoms with van der Waals surface area (Å²) in [6, 6.07) is 5.36. The van der Waals surface area contributed by atoms with Gasteiger partial charge < -0.3 is 5.11 Å². The van der Waals surface area contributed by atoms with Crippen LogP contribution < -0.4 is 0 Å². The molecule has 1 heterocycles. The number of hydrogen-bond acceptors (Lipinski definition) is 3. The fraction of sp³-hybridized carbons (Fsp3) is 0.462. The zero-order valence-electron chi connectivity index (χ0n) is 10.7. The van der Waals surface area contributed by atoms with Crippen molar-refractivity contribution in [2.24, 2.45) is 5.92 Å². The first kappa shape index (κ1) is 14.0. The van der Waals surface area contributed by atoms with E-state index >= 15 is 0 Å². The highest BCUT2D eigenvalue weighted by atomic mass is 32.2. The van der Waals surface area contributed by atoms with Gasteiger partial charge in [-0.15, -0.1) is 0 Å². The number of hydrogen-bond donors (Lipinski definition) is 1. The van der Waals surface area contributed by atoms with Crippen LogP contribution in [-0.4, -0.2) is 36.9 Å². The second kappa shape index (κ2) is 5.30. The largest absolute Gasteiger partial charge is 0.478 e.